The van der Waals surface area contributed by atoms with E-state index in [0.29, 0.717) is 0 Å². The number of allylic oxidation sites excluding steroid dienone is 1. The van der Waals surface area contributed by atoms with Crippen LogP contribution in [0.3, 0.4) is 0 Å². The van der Waals surface area contributed by atoms with Crippen molar-refractivity contribution in [2.24, 2.45) is 5.10 Å². The maximum Gasteiger partial charge on any atom is 0.0590 e. The Morgan fingerprint density at radius 3 is 2.52 bits per heavy atom. The van der Waals surface area contributed by atoms with E-state index in [9.17, 15) is 0 Å². The second-order valence-electron chi connectivity index (χ2n) is 6.93. The summed E-state index contributed by atoms with van der Waals surface area (Å²) in [6.45, 7) is 3.26. The van der Waals surface area contributed by atoms with E-state index in [4.69, 9.17) is 0 Å². The first-order valence-electron chi connectivity index (χ1n) is 9.94. The zero-order valence-electron chi connectivity index (χ0n) is 16.8. The SMILES string of the molecule is CCCN1c2ccccc2Sc2cc(/C=C/C=N/N(C)c3ccccc3)ccc21. The van der Waals surface area contributed by atoms with Crippen LogP contribution in [0.1, 0.15) is 18.9 Å². The third-order valence-electron chi connectivity index (χ3n) is 4.84. The van der Waals surface area contributed by atoms with Crippen LogP contribution in [0.2, 0.25) is 0 Å². The molecule has 1 aliphatic rings. The molecule has 0 N–H and O–H groups in total. The Balaban J connectivity index is 1.51. The summed E-state index contributed by atoms with van der Waals surface area (Å²) in [6.07, 6.45) is 7.05. The number of hydrogen-bond donors (Lipinski definition) is 0. The van der Waals surface area contributed by atoms with Crippen molar-refractivity contribution in [1.82, 2.24) is 0 Å². The van der Waals surface area contributed by atoms with Gasteiger partial charge in [0.25, 0.3) is 0 Å². The van der Waals surface area contributed by atoms with E-state index in [-0.39, 0.29) is 0 Å². The molecule has 0 unspecified atom stereocenters. The molecule has 0 amide bonds. The lowest BCUT2D eigenvalue weighted by Gasteiger charge is -2.32. The van der Waals surface area contributed by atoms with Crippen molar-refractivity contribution in [2.45, 2.75) is 23.1 Å². The Labute approximate surface area is 177 Å². The summed E-state index contributed by atoms with van der Waals surface area (Å²) in [5.41, 5.74) is 4.86. The summed E-state index contributed by atoms with van der Waals surface area (Å²) in [6, 6.07) is 25.5. The molecule has 0 atom stereocenters. The minimum Gasteiger partial charge on any atom is -0.340 e. The minimum absolute atomic E-state index is 1.03. The van der Waals surface area contributed by atoms with Gasteiger partial charge < -0.3 is 4.90 Å². The minimum atomic E-state index is 1.03. The van der Waals surface area contributed by atoms with Gasteiger partial charge in [0.2, 0.25) is 0 Å². The summed E-state index contributed by atoms with van der Waals surface area (Å²) in [4.78, 5) is 5.06. The highest BCUT2D eigenvalue weighted by Crippen LogP contribution is 2.48. The quantitative estimate of drug-likeness (QED) is 0.334. The molecule has 4 rings (SSSR count). The molecular formula is C25H25N3S. The molecule has 3 nitrogen and oxygen atoms in total. The molecule has 0 radical (unpaired) electrons. The van der Waals surface area contributed by atoms with Crippen molar-refractivity contribution in [1.29, 1.82) is 0 Å². The van der Waals surface area contributed by atoms with E-state index >= 15 is 0 Å². The summed E-state index contributed by atoms with van der Waals surface area (Å²) in [5, 5.41) is 6.34. The molecule has 0 saturated heterocycles. The molecule has 1 heterocycles. The smallest absolute Gasteiger partial charge is 0.0590 e. The molecule has 4 heteroatoms. The van der Waals surface area contributed by atoms with E-state index in [1.54, 1.807) is 0 Å². The van der Waals surface area contributed by atoms with Crippen LogP contribution in [0, 0.1) is 0 Å². The van der Waals surface area contributed by atoms with Crippen LogP contribution in [-0.4, -0.2) is 19.8 Å². The predicted molar refractivity (Wildman–Crippen MR) is 127 cm³/mol. The van der Waals surface area contributed by atoms with Crippen LogP contribution >= 0.6 is 11.8 Å². The second-order valence-corrected chi connectivity index (χ2v) is 8.02. The number of para-hydroxylation sites is 2. The van der Waals surface area contributed by atoms with Gasteiger partial charge in [-0.15, -0.1) is 0 Å². The Hall–Kier alpha value is -2.98. The Bertz CT molecular complexity index is 1030. The van der Waals surface area contributed by atoms with Crippen molar-refractivity contribution in [3.05, 3.63) is 84.4 Å². The number of fused-ring (bicyclic) bond motifs is 2. The molecule has 146 valence electrons. The van der Waals surface area contributed by atoms with Crippen molar-refractivity contribution in [2.75, 3.05) is 23.5 Å². The van der Waals surface area contributed by atoms with Crippen molar-refractivity contribution < 1.29 is 0 Å². The van der Waals surface area contributed by atoms with E-state index in [1.165, 1.54) is 26.7 Å². The fraction of sp³-hybridized carbons (Fsp3) is 0.160. The van der Waals surface area contributed by atoms with Gasteiger partial charge in [0.1, 0.15) is 0 Å². The highest BCUT2D eigenvalue weighted by atomic mass is 32.2. The molecule has 0 bridgehead atoms. The number of hydrazone groups is 1. The molecule has 0 saturated carbocycles. The van der Waals surface area contributed by atoms with Crippen molar-refractivity contribution in [3.63, 3.8) is 0 Å². The van der Waals surface area contributed by atoms with E-state index in [2.05, 4.69) is 65.5 Å². The van der Waals surface area contributed by atoms with Crippen LogP contribution in [0.4, 0.5) is 17.1 Å². The van der Waals surface area contributed by atoms with Crippen LogP contribution < -0.4 is 9.91 Å². The molecule has 1 aliphatic heterocycles. The fourth-order valence-electron chi connectivity index (χ4n) is 3.42. The first-order valence-corrected chi connectivity index (χ1v) is 10.8. The van der Waals surface area contributed by atoms with Gasteiger partial charge in [0.15, 0.2) is 0 Å². The number of rotatable bonds is 6. The lowest BCUT2D eigenvalue weighted by atomic mass is 10.1. The number of benzene rings is 3. The average molecular weight is 400 g/mol. The van der Waals surface area contributed by atoms with Gasteiger partial charge in [0.05, 0.1) is 17.1 Å². The van der Waals surface area contributed by atoms with E-state index in [0.717, 1.165) is 18.7 Å². The third kappa shape index (κ3) is 4.38. The van der Waals surface area contributed by atoms with Gasteiger partial charge in [-0.2, -0.15) is 5.10 Å². The summed E-state index contributed by atoms with van der Waals surface area (Å²) >= 11 is 1.85. The molecule has 3 aromatic carbocycles. The molecule has 3 aromatic rings. The predicted octanol–water partition coefficient (Wildman–Crippen LogP) is 6.83. The molecule has 0 aliphatic carbocycles. The summed E-state index contributed by atoms with van der Waals surface area (Å²) in [7, 11) is 1.95. The maximum absolute atomic E-state index is 4.47. The van der Waals surface area contributed by atoms with E-state index in [1.807, 2.05) is 66.4 Å². The van der Waals surface area contributed by atoms with Gasteiger partial charge >= 0.3 is 0 Å². The number of anilines is 3. The Morgan fingerprint density at radius 1 is 0.931 bits per heavy atom. The van der Waals surface area contributed by atoms with Crippen LogP contribution in [-0.2, 0) is 0 Å². The number of hydrogen-bond acceptors (Lipinski definition) is 4. The normalized spacial score (nSPS) is 13.0. The van der Waals surface area contributed by atoms with Crippen LogP contribution in [0.5, 0.6) is 0 Å². The highest BCUT2D eigenvalue weighted by molar-refractivity contribution is 7.99. The largest absolute Gasteiger partial charge is 0.340 e. The highest BCUT2D eigenvalue weighted by Gasteiger charge is 2.22. The maximum atomic E-state index is 4.47. The van der Waals surface area contributed by atoms with Gasteiger partial charge in [0, 0.05) is 29.6 Å². The zero-order chi connectivity index (χ0) is 20.1. The first kappa shape index (κ1) is 19.3. The summed E-state index contributed by atoms with van der Waals surface area (Å²) < 4.78 is 0. The molecule has 0 aromatic heterocycles. The van der Waals surface area contributed by atoms with Crippen molar-refractivity contribution >= 4 is 41.1 Å². The first-order chi connectivity index (χ1) is 14.3. The van der Waals surface area contributed by atoms with Gasteiger partial charge in [-0.05, 0) is 54.5 Å². The monoisotopic (exact) mass is 399 g/mol. The molecular weight excluding hydrogens is 374 g/mol. The topological polar surface area (TPSA) is 18.8 Å². The third-order valence-corrected chi connectivity index (χ3v) is 5.95. The Kier molecular flexibility index (Phi) is 6.01. The Morgan fingerprint density at radius 2 is 1.69 bits per heavy atom. The second kappa shape index (κ2) is 9.01. The van der Waals surface area contributed by atoms with Crippen LogP contribution in [0.25, 0.3) is 6.08 Å². The lowest BCUT2D eigenvalue weighted by molar-refractivity contribution is 0.866. The molecule has 0 fully saturated rings. The standard InChI is InChI=1S/C25H25N3S/c1-3-18-28-22-13-7-8-14-24(22)29-25-19-20(15-16-23(25)28)10-9-17-26-27(2)21-11-5-4-6-12-21/h4-17,19H,3,18H2,1-2H3/b10-9+,26-17+. The fourth-order valence-corrected chi connectivity index (χ4v) is 4.57. The van der Waals surface area contributed by atoms with Crippen LogP contribution in [0.15, 0.2) is 93.8 Å². The molecule has 0 spiro atoms. The summed E-state index contributed by atoms with van der Waals surface area (Å²) in [5.74, 6) is 0. The van der Waals surface area contributed by atoms with E-state index < -0.39 is 0 Å². The van der Waals surface area contributed by atoms with Gasteiger partial charge in [-0.3, -0.25) is 5.01 Å². The van der Waals surface area contributed by atoms with Crippen molar-refractivity contribution in [3.8, 4) is 0 Å². The van der Waals surface area contributed by atoms with Gasteiger partial charge in [-0.1, -0.05) is 61.2 Å². The van der Waals surface area contributed by atoms with Gasteiger partial charge in [-0.25, -0.2) is 0 Å². The average Bonchev–Trinajstić information content (AvgIpc) is 2.77. The zero-order valence-corrected chi connectivity index (χ0v) is 17.6. The number of nitrogens with zero attached hydrogens (tertiary/aromatic N) is 3. The molecule has 29 heavy (non-hydrogen) atoms. The lowest BCUT2D eigenvalue weighted by Crippen LogP contribution is -2.21.